The van der Waals surface area contributed by atoms with Gasteiger partial charge in [0.15, 0.2) is 5.11 Å². The van der Waals surface area contributed by atoms with Crippen LogP contribution in [-0.2, 0) is 6.54 Å². The van der Waals surface area contributed by atoms with E-state index >= 15 is 0 Å². The van der Waals surface area contributed by atoms with Gasteiger partial charge in [0.05, 0.1) is 7.11 Å². The summed E-state index contributed by atoms with van der Waals surface area (Å²) < 4.78 is 5.34. The molecule has 1 saturated heterocycles. The number of nitrogens with one attached hydrogen (secondary N) is 2. The Kier molecular flexibility index (Phi) is 6.17. The molecule has 0 saturated carbocycles. The number of hydrogen-bond donors (Lipinski definition) is 2. The van der Waals surface area contributed by atoms with Crippen LogP contribution < -0.4 is 20.3 Å². The Morgan fingerprint density at radius 3 is 3.00 bits per heavy atom. The first-order chi connectivity index (χ1) is 12.7. The Labute approximate surface area is 159 Å². The van der Waals surface area contributed by atoms with Gasteiger partial charge in [-0.3, -0.25) is 4.98 Å². The first kappa shape index (κ1) is 18.3. The zero-order chi connectivity index (χ0) is 18.4. The Hall–Kier alpha value is -2.48. The molecule has 26 heavy (non-hydrogen) atoms. The lowest BCUT2D eigenvalue weighted by atomic mass is 10.0. The number of aromatic nitrogens is 3. The molecule has 2 aromatic heterocycles. The van der Waals surface area contributed by atoms with E-state index in [0.29, 0.717) is 29.5 Å². The van der Waals surface area contributed by atoms with E-state index in [0.717, 1.165) is 17.9 Å². The largest absolute Gasteiger partial charge is 0.481 e. The van der Waals surface area contributed by atoms with Gasteiger partial charge in [-0.25, -0.2) is 0 Å². The van der Waals surface area contributed by atoms with E-state index in [1.54, 1.807) is 19.5 Å². The molecule has 0 amide bonds. The Morgan fingerprint density at radius 2 is 2.27 bits per heavy atom. The summed E-state index contributed by atoms with van der Waals surface area (Å²) in [6.45, 7) is 3.80. The first-order valence-electron chi connectivity index (χ1n) is 8.79. The summed E-state index contributed by atoms with van der Waals surface area (Å²) in [6.07, 6.45) is 7.14. The SMILES string of the molecule is COc1cc(N2CCCCC2C)nc(NC(=S)NCc2cccnc2)n1. The van der Waals surface area contributed by atoms with Gasteiger partial charge in [-0.05, 0) is 50.0 Å². The summed E-state index contributed by atoms with van der Waals surface area (Å²) >= 11 is 5.36. The molecule has 7 nitrogen and oxygen atoms in total. The van der Waals surface area contributed by atoms with Crippen LogP contribution in [0.2, 0.25) is 0 Å². The van der Waals surface area contributed by atoms with Crippen LogP contribution >= 0.6 is 12.2 Å². The maximum Gasteiger partial charge on any atom is 0.234 e. The average molecular weight is 372 g/mol. The summed E-state index contributed by atoms with van der Waals surface area (Å²) in [5.41, 5.74) is 1.05. The highest BCUT2D eigenvalue weighted by Gasteiger charge is 2.21. The number of hydrogen-bond acceptors (Lipinski definition) is 6. The maximum absolute atomic E-state index is 5.36. The van der Waals surface area contributed by atoms with Crippen molar-refractivity contribution in [1.29, 1.82) is 0 Å². The third kappa shape index (κ3) is 4.78. The highest BCUT2D eigenvalue weighted by atomic mass is 32.1. The number of thiocarbonyl (C=S) groups is 1. The molecule has 0 spiro atoms. The number of pyridine rings is 1. The second-order valence-electron chi connectivity index (χ2n) is 6.30. The molecule has 1 aliphatic rings. The highest BCUT2D eigenvalue weighted by Crippen LogP contribution is 2.26. The molecule has 0 aliphatic carbocycles. The van der Waals surface area contributed by atoms with Crippen LogP contribution in [0.25, 0.3) is 0 Å². The number of piperidine rings is 1. The number of methoxy groups -OCH3 is 1. The third-order valence-electron chi connectivity index (χ3n) is 4.40. The van der Waals surface area contributed by atoms with Crippen LogP contribution in [0.4, 0.5) is 11.8 Å². The topological polar surface area (TPSA) is 75.2 Å². The van der Waals surface area contributed by atoms with Gasteiger partial charge < -0.3 is 20.3 Å². The molecule has 2 aromatic rings. The predicted octanol–water partition coefficient (Wildman–Crippen LogP) is 2.75. The monoisotopic (exact) mass is 372 g/mol. The molecular formula is C18H24N6OS. The van der Waals surface area contributed by atoms with Gasteiger partial charge in [0.1, 0.15) is 5.82 Å². The van der Waals surface area contributed by atoms with Crippen LogP contribution in [0.3, 0.4) is 0 Å². The number of anilines is 2. The minimum atomic E-state index is 0.431. The summed E-state index contributed by atoms with van der Waals surface area (Å²) in [4.78, 5) is 15.4. The number of rotatable bonds is 5. The van der Waals surface area contributed by atoms with E-state index in [-0.39, 0.29) is 0 Å². The zero-order valence-corrected chi connectivity index (χ0v) is 15.9. The maximum atomic E-state index is 5.36. The molecule has 0 radical (unpaired) electrons. The fourth-order valence-corrected chi connectivity index (χ4v) is 3.15. The lowest BCUT2D eigenvalue weighted by molar-refractivity contribution is 0.396. The van der Waals surface area contributed by atoms with Crippen LogP contribution in [0.1, 0.15) is 31.7 Å². The fraction of sp³-hybridized carbons (Fsp3) is 0.444. The summed E-state index contributed by atoms with van der Waals surface area (Å²) in [6, 6.07) is 6.21. The van der Waals surface area contributed by atoms with E-state index in [2.05, 4.69) is 37.4 Å². The molecule has 138 valence electrons. The molecule has 1 aliphatic heterocycles. The van der Waals surface area contributed by atoms with Crippen molar-refractivity contribution in [1.82, 2.24) is 20.3 Å². The van der Waals surface area contributed by atoms with Gasteiger partial charge >= 0.3 is 0 Å². The van der Waals surface area contributed by atoms with Crippen molar-refractivity contribution in [2.24, 2.45) is 0 Å². The molecule has 2 N–H and O–H groups in total. The lowest BCUT2D eigenvalue weighted by Gasteiger charge is -2.34. The van der Waals surface area contributed by atoms with Crippen molar-refractivity contribution in [2.75, 3.05) is 23.9 Å². The lowest BCUT2D eigenvalue weighted by Crippen LogP contribution is -2.38. The molecule has 8 heteroatoms. The average Bonchev–Trinajstić information content (AvgIpc) is 2.67. The molecule has 1 atom stereocenters. The smallest absolute Gasteiger partial charge is 0.234 e. The molecular weight excluding hydrogens is 348 g/mol. The van der Waals surface area contributed by atoms with Crippen LogP contribution in [0.5, 0.6) is 5.88 Å². The molecule has 3 rings (SSSR count). The summed E-state index contributed by atoms with van der Waals surface area (Å²) in [7, 11) is 1.61. The van der Waals surface area contributed by atoms with Crippen molar-refractivity contribution in [3.05, 3.63) is 36.2 Å². The minimum Gasteiger partial charge on any atom is -0.481 e. The van der Waals surface area contributed by atoms with Gasteiger partial charge in [0.2, 0.25) is 11.8 Å². The van der Waals surface area contributed by atoms with Crippen LogP contribution in [-0.4, -0.2) is 39.8 Å². The van der Waals surface area contributed by atoms with E-state index in [1.807, 2.05) is 18.2 Å². The normalized spacial score (nSPS) is 16.8. The van der Waals surface area contributed by atoms with Gasteiger partial charge in [0.25, 0.3) is 0 Å². The molecule has 1 fully saturated rings. The van der Waals surface area contributed by atoms with Crippen molar-refractivity contribution in [2.45, 2.75) is 38.8 Å². The third-order valence-corrected chi connectivity index (χ3v) is 4.64. The fourth-order valence-electron chi connectivity index (χ4n) is 2.99. The highest BCUT2D eigenvalue weighted by molar-refractivity contribution is 7.80. The van der Waals surface area contributed by atoms with E-state index in [1.165, 1.54) is 19.3 Å². The number of nitrogens with zero attached hydrogens (tertiary/aromatic N) is 4. The van der Waals surface area contributed by atoms with Crippen molar-refractivity contribution in [3.63, 3.8) is 0 Å². The number of ether oxygens (including phenoxy) is 1. The van der Waals surface area contributed by atoms with Gasteiger partial charge in [-0.1, -0.05) is 6.07 Å². The summed E-state index contributed by atoms with van der Waals surface area (Å²) in [5, 5.41) is 6.65. The van der Waals surface area contributed by atoms with Gasteiger partial charge in [-0.2, -0.15) is 9.97 Å². The Balaban J connectivity index is 1.68. The van der Waals surface area contributed by atoms with Gasteiger partial charge in [-0.15, -0.1) is 0 Å². The Bertz CT molecular complexity index is 742. The van der Waals surface area contributed by atoms with Crippen molar-refractivity contribution >= 4 is 29.1 Å². The van der Waals surface area contributed by atoms with Crippen LogP contribution in [0.15, 0.2) is 30.6 Å². The van der Waals surface area contributed by atoms with Crippen LogP contribution in [0, 0.1) is 0 Å². The zero-order valence-electron chi connectivity index (χ0n) is 15.1. The minimum absolute atomic E-state index is 0.431. The molecule has 3 heterocycles. The van der Waals surface area contributed by atoms with Crippen molar-refractivity contribution in [3.8, 4) is 5.88 Å². The second-order valence-corrected chi connectivity index (χ2v) is 6.71. The Morgan fingerprint density at radius 1 is 1.38 bits per heavy atom. The summed E-state index contributed by atoms with van der Waals surface area (Å²) in [5.74, 6) is 1.81. The molecule has 0 bridgehead atoms. The second kappa shape index (κ2) is 8.75. The molecule has 0 aromatic carbocycles. The van der Waals surface area contributed by atoms with E-state index in [9.17, 15) is 0 Å². The van der Waals surface area contributed by atoms with Gasteiger partial charge in [0, 0.05) is 37.6 Å². The standard InChI is InChI=1S/C18H24N6OS/c1-13-6-3-4-9-24(13)15-10-16(25-2)22-17(21-15)23-18(26)20-12-14-7-5-8-19-11-14/h5,7-8,10-11,13H,3-4,6,9,12H2,1-2H3,(H2,20,21,22,23,26). The van der Waals surface area contributed by atoms with E-state index in [4.69, 9.17) is 17.0 Å². The molecule has 1 unspecified atom stereocenters. The van der Waals surface area contributed by atoms with Crippen molar-refractivity contribution < 1.29 is 4.74 Å². The predicted molar refractivity (Wildman–Crippen MR) is 107 cm³/mol. The first-order valence-corrected chi connectivity index (χ1v) is 9.20. The van der Waals surface area contributed by atoms with E-state index < -0.39 is 0 Å². The quantitative estimate of drug-likeness (QED) is 0.776.